The van der Waals surface area contributed by atoms with Crippen molar-refractivity contribution in [1.82, 2.24) is 9.97 Å². The molecule has 1 N–H and O–H groups in total. The predicted molar refractivity (Wildman–Crippen MR) is 75.9 cm³/mol. The average Bonchev–Trinajstić information content (AvgIpc) is 2.31. The first-order chi connectivity index (χ1) is 8.56. The van der Waals surface area contributed by atoms with Gasteiger partial charge in [-0.3, -0.25) is 0 Å². The molecule has 3 nitrogen and oxygen atoms in total. The molecule has 0 atom stereocenters. The van der Waals surface area contributed by atoms with Gasteiger partial charge in [-0.25, -0.2) is 9.97 Å². The van der Waals surface area contributed by atoms with Crippen LogP contribution in [0.25, 0.3) is 0 Å². The molecule has 1 heterocycles. The Balaban J connectivity index is 2.32. The molecule has 0 amide bonds. The van der Waals surface area contributed by atoms with Gasteiger partial charge in [0.25, 0.3) is 0 Å². The van der Waals surface area contributed by atoms with E-state index in [1.807, 2.05) is 38.1 Å². The number of hydrogen-bond donors (Lipinski definition) is 1. The summed E-state index contributed by atoms with van der Waals surface area (Å²) in [5.74, 6) is 1.57. The fraction of sp³-hybridized carbons (Fsp3) is 0.231. The molecule has 0 aliphatic heterocycles. The van der Waals surface area contributed by atoms with Crippen LogP contribution in [-0.4, -0.2) is 9.97 Å². The molecule has 1 aromatic heterocycles. The number of hydrogen-bond acceptors (Lipinski definition) is 3. The number of nitrogens with one attached hydrogen (secondary N) is 1. The fourth-order valence-corrected chi connectivity index (χ4v) is 1.83. The van der Waals surface area contributed by atoms with Crippen LogP contribution in [0.2, 0.25) is 10.2 Å². The molecule has 0 spiro atoms. The lowest BCUT2D eigenvalue weighted by Crippen LogP contribution is -2.02. The van der Waals surface area contributed by atoms with Crippen LogP contribution in [0.15, 0.2) is 30.3 Å². The summed E-state index contributed by atoms with van der Waals surface area (Å²) < 4.78 is 0. The predicted octanol–water partition coefficient (Wildman–Crippen LogP) is 4.65. The van der Waals surface area contributed by atoms with Crippen LogP contribution >= 0.6 is 23.2 Å². The van der Waals surface area contributed by atoms with Gasteiger partial charge in [0.2, 0.25) is 0 Å². The van der Waals surface area contributed by atoms with Gasteiger partial charge >= 0.3 is 0 Å². The normalized spacial score (nSPS) is 10.7. The van der Waals surface area contributed by atoms with E-state index in [0.717, 1.165) is 5.69 Å². The summed E-state index contributed by atoms with van der Waals surface area (Å²) in [5, 5.41) is 4.20. The summed E-state index contributed by atoms with van der Waals surface area (Å²) in [5.41, 5.74) is 0.795. The molecule has 0 fully saturated rings. The van der Waals surface area contributed by atoms with Gasteiger partial charge in [-0.05, 0) is 12.1 Å². The van der Waals surface area contributed by atoms with E-state index in [0.29, 0.717) is 21.8 Å². The Hall–Kier alpha value is -1.32. The summed E-state index contributed by atoms with van der Waals surface area (Å²) in [6.45, 7) is 4.04. The Morgan fingerprint density at radius 3 is 2.50 bits per heavy atom. The van der Waals surface area contributed by atoms with Crippen molar-refractivity contribution in [3.63, 3.8) is 0 Å². The summed E-state index contributed by atoms with van der Waals surface area (Å²) in [6, 6.07) is 9.15. The summed E-state index contributed by atoms with van der Waals surface area (Å²) in [4.78, 5) is 8.58. The highest BCUT2D eigenvalue weighted by Gasteiger charge is 2.08. The molecule has 0 saturated heterocycles. The van der Waals surface area contributed by atoms with E-state index in [4.69, 9.17) is 23.2 Å². The van der Waals surface area contributed by atoms with Crippen molar-refractivity contribution < 1.29 is 0 Å². The average molecular weight is 282 g/mol. The first kappa shape index (κ1) is 13.1. The second kappa shape index (κ2) is 5.55. The van der Waals surface area contributed by atoms with Crippen molar-refractivity contribution in [2.75, 3.05) is 5.32 Å². The molecular formula is C13H13Cl2N3. The molecule has 0 saturated carbocycles. The molecule has 1 aromatic carbocycles. The van der Waals surface area contributed by atoms with Gasteiger partial charge in [-0.1, -0.05) is 49.2 Å². The topological polar surface area (TPSA) is 37.8 Å². The third-order valence-electron chi connectivity index (χ3n) is 2.37. The van der Waals surface area contributed by atoms with Gasteiger partial charge in [0.15, 0.2) is 0 Å². The highest BCUT2D eigenvalue weighted by Crippen LogP contribution is 2.25. The van der Waals surface area contributed by atoms with Crippen LogP contribution in [0.5, 0.6) is 0 Å². The smallest absolute Gasteiger partial charge is 0.135 e. The molecule has 2 rings (SSSR count). The highest BCUT2D eigenvalue weighted by atomic mass is 35.5. The number of halogens is 2. The Bertz CT molecular complexity index is 556. The maximum atomic E-state index is 6.08. The van der Waals surface area contributed by atoms with Crippen molar-refractivity contribution >= 4 is 34.7 Å². The molecule has 18 heavy (non-hydrogen) atoms. The quantitative estimate of drug-likeness (QED) is 0.832. The Labute approximate surface area is 116 Å². The van der Waals surface area contributed by atoms with E-state index in [-0.39, 0.29) is 5.92 Å². The second-order valence-corrected chi connectivity index (χ2v) is 4.99. The minimum Gasteiger partial charge on any atom is -0.339 e. The maximum Gasteiger partial charge on any atom is 0.135 e. The second-order valence-electron chi connectivity index (χ2n) is 4.19. The largest absolute Gasteiger partial charge is 0.339 e. The zero-order chi connectivity index (χ0) is 13.1. The Kier molecular flexibility index (Phi) is 4.04. The first-order valence-corrected chi connectivity index (χ1v) is 6.38. The number of benzene rings is 1. The molecule has 0 aliphatic rings. The van der Waals surface area contributed by atoms with Crippen LogP contribution in [0.4, 0.5) is 11.5 Å². The maximum absolute atomic E-state index is 6.08. The van der Waals surface area contributed by atoms with Crippen molar-refractivity contribution in [3.05, 3.63) is 46.3 Å². The third-order valence-corrected chi connectivity index (χ3v) is 2.89. The van der Waals surface area contributed by atoms with Crippen molar-refractivity contribution in [3.8, 4) is 0 Å². The number of rotatable bonds is 3. The van der Waals surface area contributed by atoms with Crippen molar-refractivity contribution in [2.45, 2.75) is 19.8 Å². The lowest BCUT2D eigenvalue weighted by atomic mass is 10.2. The number of para-hydroxylation sites is 1. The van der Waals surface area contributed by atoms with Crippen molar-refractivity contribution in [2.24, 2.45) is 0 Å². The highest BCUT2D eigenvalue weighted by molar-refractivity contribution is 6.33. The van der Waals surface area contributed by atoms with Crippen LogP contribution in [-0.2, 0) is 0 Å². The summed E-state index contributed by atoms with van der Waals surface area (Å²) >= 11 is 12.1. The summed E-state index contributed by atoms with van der Waals surface area (Å²) in [7, 11) is 0. The van der Waals surface area contributed by atoms with Crippen LogP contribution in [0.1, 0.15) is 25.6 Å². The van der Waals surface area contributed by atoms with E-state index in [2.05, 4.69) is 15.3 Å². The molecule has 94 valence electrons. The van der Waals surface area contributed by atoms with Crippen LogP contribution in [0.3, 0.4) is 0 Å². The molecular weight excluding hydrogens is 269 g/mol. The van der Waals surface area contributed by atoms with E-state index in [9.17, 15) is 0 Å². The van der Waals surface area contributed by atoms with Gasteiger partial charge in [0, 0.05) is 12.0 Å². The van der Waals surface area contributed by atoms with Gasteiger partial charge in [0.05, 0.1) is 10.7 Å². The minimum atomic E-state index is 0.218. The summed E-state index contributed by atoms with van der Waals surface area (Å²) in [6.07, 6.45) is 0. The number of nitrogens with zero attached hydrogens (tertiary/aromatic N) is 2. The molecule has 0 aliphatic carbocycles. The molecule has 0 unspecified atom stereocenters. The fourth-order valence-electron chi connectivity index (χ4n) is 1.46. The van der Waals surface area contributed by atoms with E-state index in [1.165, 1.54) is 0 Å². The minimum absolute atomic E-state index is 0.218. The van der Waals surface area contributed by atoms with Gasteiger partial charge < -0.3 is 5.32 Å². The lowest BCUT2D eigenvalue weighted by Gasteiger charge is -2.10. The first-order valence-electron chi connectivity index (χ1n) is 5.62. The van der Waals surface area contributed by atoms with E-state index < -0.39 is 0 Å². The van der Waals surface area contributed by atoms with E-state index >= 15 is 0 Å². The Morgan fingerprint density at radius 1 is 1.11 bits per heavy atom. The van der Waals surface area contributed by atoms with E-state index in [1.54, 1.807) is 6.07 Å². The SMILES string of the molecule is CC(C)c1nc(Cl)cc(Nc2ccccc2Cl)n1. The van der Waals surface area contributed by atoms with Gasteiger partial charge in [0.1, 0.15) is 16.8 Å². The van der Waals surface area contributed by atoms with Crippen LogP contribution in [0, 0.1) is 0 Å². The van der Waals surface area contributed by atoms with Gasteiger partial charge in [-0.15, -0.1) is 0 Å². The zero-order valence-corrected chi connectivity index (χ0v) is 11.6. The number of anilines is 2. The lowest BCUT2D eigenvalue weighted by molar-refractivity contribution is 0.776. The monoisotopic (exact) mass is 281 g/mol. The Morgan fingerprint density at radius 2 is 1.83 bits per heavy atom. The third kappa shape index (κ3) is 3.12. The molecule has 2 aromatic rings. The molecule has 0 radical (unpaired) electrons. The van der Waals surface area contributed by atoms with Crippen LogP contribution < -0.4 is 5.32 Å². The number of aromatic nitrogens is 2. The van der Waals surface area contributed by atoms with Gasteiger partial charge in [-0.2, -0.15) is 0 Å². The standard InChI is InChI=1S/C13H13Cl2N3/c1-8(2)13-17-11(15)7-12(18-13)16-10-6-4-3-5-9(10)14/h3-8H,1-2H3,(H,16,17,18). The van der Waals surface area contributed by atoms with Crippen molar-refractivity contribution in [1.29, 1.82) is 0 Å². The molecule has 0 bridgehead atoms. The molecule has 5 heteroatoms. The zero-order valence-electron chi connectivity index (χ0n) is 10.1.